The lowest BCUT2D eigenvalue weighted by Crippen LogP contribution is -2.27. The summed E-state index contributed by atoms with van der Waals surface area (Å²) in [5.41, 5.74) is 1.30. The molecule has 21 heavy (non-hydrogen) atoms. The summed E-state index contributed by atoms with van der Waals surface area (Å²) in [5, 5.41) is 10.6. The van der Waals surface area contributed by atoms with Gasteiger partial charge in [0.2, 0.25) is 0 Å². The van der Waals surface area contributed by atoms with Crippen LogP contribution in [0.5, 0.6) is 0 Å². The van der Waals surface area contributed by atoms with Gasteiger partial charge in [0.25, 0.3) is 0 Å². The predicted molar refractivity (Wildman–Crippen MR) is 81.8 cm³/mol. The van der Waals surface area contributed by atoms with Gasteiger partial charge in [-0.2, -0.15) is 9.61 Å². The van der Waals surface area contributed by atoms with E-state index in [1.54, 1.807) is 6.07 Å². The maximum atomic E-state index is 11.6. The Morgan fingerprint density at radius 1 is 1.19 bits per heavy atom. The van der Waals surface area contributed by atoms with Crippen molar-refractivity contribution in [1.82, 2.24) is 19.8 Å². The van der Waals surface area contributed by atoms with Crippen molar-refractivity contribution in [3.05, 3.63) is 58.5 Å². The zero-order chi connectivity index (χ0) is 14.7. The second-order valence-electron chi connectivity index (χ2n) is 4.59. The zero-order valence-corrected chi connectivity index (χ0v) is 12.0. The molecule has 2 heterocycles. The third-order valence-electron chi connectivity index (χ3n) is 3.15. The minimum Gasteiger partial charge on any atom is -0.350 e. The van der Waals surface area contributed by atoms with E-state index < -0.39 is 0 Å². The van der Waals surface area contributed by atoms with Gasteiger partial charge in [-0.05, 0) is 17.7 Å². The molecule has 0 bridgehead atoms. The number of rotatable bonds is 5. The molecule has 6 nitrogen and oxygen atoms in total. The van der Waals surface area contributed by atoms with Crippen LogP contribution in [0.25, 0.3) is 5.65 Å². The van der Waals surface area contributed by atoms with Gasteiger partial charge >= 0.3 is 5.69 Å². The molecule has 0 unspecified atom stereocenters. The highest BCUT2D eigenvalue weighted by molar-refractivity contribution is 6.18. The molecule has 0 saturated heterocycles. The molecule has 1 aromatic carbocycles. The molecule has 3 aromatic rings. The maximum absolute atomic E-state index is 11.6. The quantitative estimate of drug-likeness (QED) is 0.728. The number of nitrogens with zero attached hydrogens (tertiary/aromatic N) is 4. The number of benzene rings is 1. The van der Waals surface area contributed by atoms with Gasteiger partial charge in [0.05, 0.1) is 0 Å². The molecule has 0 atom stereocenters. The van der Waals surface area contributed by atoms with E-state index in [4.69, 9.17) is 11.6 Å². The van der Waals surface area contributed by atoms with Crippen LogP contribution in [0.15, 0.2) is 47.3 Å². The highest BCUT2D eigenvalue weighted by Crippen LogP contribution is 2.14. The van der Waals surface area contributed by atoms with Gasteiger partial charge in [0, 0.05) is 19.0 Å². The average molecular weight is 304 g/mol. The Kier molecular flexibility index (Phi) is 3.87. The summed E-state index contributed by atoms with van der Waals surface area (Å²) in [6.07, 6.45) is 0. The van der Waals surface area contributed by atoms with Gasteiger partial charge in [0.15, 0.2) is 5.65 Å². The molecule has 3 rings (SSSR count). The minimum atomic E-state index is -0.350. The second-order valence-corrected chi connectivity index (χ2v) is 4.96. The number of alkyl halides is 1. The molecular weight excluding hydrogens is 290 g/mol. The van der Waals surface area contributed by atoms with Gasteiger partial charge in [0.1, 0.15) is 5.82 Å². The number of aromatic nitrogens is 4. The summed E-state index contributed by atoms with van der Waals surface area (Å²) in [4.78, 5) is 13.6. The van der Waals surface area contributed by atoms with Crippen LogP contribution in [-0.4, -0.2) is 32.2 Å². The van der Waals surface area contributed by atoms with Gasteiger partial charge < -0.3 is 4.90 Å². The van der Waals surface area contributed by atoms with Gasteiger partial charge in [-0.25, -0.2) is 9.89 Å². The molecule has 2 aromatic heterocycles. The topological polar surface area (TPSA) is 66.3 Å². The lowest BCUT2D eigenvalue weighted by Gasteiger charge is -2.22. The summed E-state index contributed by atoms with van der Waals surface area (Å²) in [5.74, 6) is 1.17. The van der Waals surface area contributed by atoms with Gasteiger partial charge in [-0.3, -0.25) is 0 Å². The first-order chi connectivity index (χ1) is 10.3. The van der Waals surface area contributed by atoms with E-state index in [1.807, 2.05) is 41.3 Å². The van der Waals surface area contributed by atoms with Crippen LogP contribution in [0.3, 0.4) is 0 Å². The highest BCUT2D eigenvalue weighted by Gasteiger charge is 2.11. The second kappa shape index (κ2) is 5.97. The van der Waals surface area contributed by atoms with Crippen LogP contribution in [0.2, 0.25) is 0 Å². The highest BCUT2D eigenvalue weighted by atomic mass is 35.5. The van der Waals surface area contributed by atoms with Crippen molar-refractivity contribution in [2.75, 3.05) is 17.3 Å². The Bertz CT molecular complexity index is 783. The zero-order valence-electron chi connectivity index (χ0n) is 11.2. The third-order valence-corrected chi connectivity index (χ3v) is 3.32. The van der Waals surface area contributed by atoms with Crippen molar-refractivity contribution in [3.8, 4) is 0 Å². The van der Waals surface area contributed by atoms with E-state index in [2.05, 4.69) is 15.3 Å². The predicted octanol–water partition coefficient (Wildman–Crippen LogP) is 1.66. The lowest BCUT2D eigenvalue weighted by atomic mass is 10.2. The summed E-state index contributed by atoms with van der Waals surface area (Å²) >= 11 is 5.88. The van der Waals surface area contributed by atoms with Crippen molar-refractivity contribution in [3.63, 3.8) is 0 Å². The molecule has 0 radical (unpaired) electrons. The van der Waals surface area contributed by atoms with Crippen LogP contribution in [0.4, 0.5) is 5.82 Å². The van der Waals surface area contributed by atoms with E-state index in [9.17, 15) is 4.79 Å². The summed E-state index contributed by atoms with van der Waals surface area (Å²) in [6, 6.07) is 13.6. The smallest absolute Gasteiger partial charge is 0.350 e. The Hall–Kier alpha value is -2.34. The average Bonchev–Trinajstić information content (AvgIpc) is 2.89. The summed E-state index contributed by atoms with van der Waals surface area (Å²) in [7, 11) is 0. The third kappa shape index (κ3) is 2.90. The molecule has 0 aliphatic rings. The van der Waals surface area contributed by atoms with Crippen molar-refractivity contribution >= 4 is 23.1 Å². The summed E-state index contributed by atoms with van der Waals surface area (Å²) in [6.45, 7) is 1.32. The van der Waals surface area contributed by atoms with Crippen molar-refractivity contribution < 1.29 is 0 Å². The first kappa shape index (κ1) is 13.6. The minimum absolute atomic E-state index is 0.350. The number of fused-ring (bicyclic) bond motifs is 1. The molecule has 0 aliphatic heterocycles. The van der Waals surface area contributed by atoms with Crippen LogP contribution in [0.1, 0.15) is 5.56 Å². The fourth-order valence-corrected chi connectivity index (χ4v) is 2.35. The normalized spacial score (nSPS) is 10.9. The molecule has 108 valence electrons. The molecule has 0 fully saturated rings. The molecule has 1 N–H and O–H groups in total. The van der Waals surface area contributed by atoms with E-state index in [1.165, 1.54) is 4.52 Å². The number of hydrogen-bond acceptors (Lipinski definition) is 4. The number of hydrogen-bond donors (Lipinski definition) is 1. The van der Waals surface area contributed by atoms with E-state index >= 15 is 0 Å². The van der Waals surface area contributed by atoms with Crippen molar-refractivity contribution in [2.45, 2.75) is 6.54 Å². The van der Waals surface area contributed by atoms with E-state index in [0.717, 1.165) is 5.56 Å². The number of aromatic amines is 1. The Balaban J connectivity index is 1.94. The van der Waals surface area contributed by atoms with Crippen molar-refractivity contribution in [1.29, 1.82) is 0 Å². The Labute approximate surface area is 126 Å². The standard InChI is InChI=1S/C14H14ClN5O/c15-8-9-19(10-11-4-2-1-3-5-11)13-7-6-12-16-17-14(21)20(12)18-13/h1-7H,8-10H2,(H,17,21). The molecule has 7 heteroatoms. The molecule has 0 saturated carbocycles. The number of anilines is 1. The molecular formula is C14H14ClN5O. The number of halogens is 1. The lowest BCUT2D eigenvalue weighted by molar-refractivity contribution is 0.776. The monoisotopic (exact) mass is 303 g/mol. The molecule has 0 amide bonds. The van der Waals surface area contributed by atoms with Gasteiger partial charge in [-0.15, -0.1) is 16.7 Å². The van der Waals surface area contributed by atoms with Crippen molar-refractivity contribution in [2.24, 2.45) is 0 Å². The maximum Gasteiger partial charge on any atom is 0.364 e. The van der Waals surface area contributed by atoms with E-state index in [0.29, 0.717) is 30.4 Å². The molecule has 0 spiro atoms. The van der Waals surface area contributed by atoms with Crippen LogP contribution in [0, 0.1) is 0 Å². The SMILES string of the molecule is O=c1[nH]nc2ccc(N(CCCl)Cc3ccccc3)nn12. The first-order valence-electron chi connectivity index (χ1n) is 6.57. The Morgan fingerprint density at radius 3 is 2.76 bits per heavy atom. The largest absolute Gasteiger partial charge is 0.364 e. The fraction of sp³-hybridized carbons (Fsp3) is 0.214. The Morgan fingerprint density at radius 2 is 2.00 bits per heavy atom. The van der Waals surface area contributed by atoms with Crippen LogP contribution >= 0.6 is 11.6 Å². The summed E-state index contributed by atoms with van der Waals surface area (Å²) < 4.78 is 1.25. The fourth-order valence-electron chi connectivity index (χ4n) is 2.14. The number of H-pyrrole nitrogens is 1. The van der Waals surface area contributed by atoms with Gasteiger partial charge in [-0.1, -0.05) is 30.3 Å². The first-order valence-corrected chi connectivity index (χ1v) is 7.10. The number of nitrogens with one attached hydrogen (secondary N) is 1. The van der Waals surface area contributed by atoms with E-state index in [-0.39, 0.29) is 5.69 Å². The van der Waals surface area contributed by atoms with Crippen LogP contribution in [-0.2, 0) is 6.54 Å². The molecule has 0 aliphatic carbocycles. The van der Waals surface area contributed by atoms with Crippen LogP contribution < -0.4 is 10.6 Å².